The smallest absolute Gasteiger partial charge is 0.226 e. The molecule has 1 aliphatic heterocycles. The summed E-state index contributed by atoms with van der Waals surface area (Å²) < 4.78 is 27.3. The Hall–Kier alpha value is -3.68. The number of methoxy groups -OCH3 is 2. The van der Waals surface area contributed by atoms with Crippen LogP contribution in [0.25, 0.3) is 11.4 Å². The lowest BCUT2D eigenvalue weighted by molar-refractivity contribution is -0.118. The molecule has 1 unspecified atom stereocenters. The maximum atomic E-state index is 14.5. The number of benzene rings is 2. The van der Waals surface area contributed by atoms with Gasteiger partial charge in [-0.2, -0.15) is 4.98 Å². The molecule has 0 amide bonds. The van der Waals surface area contributed by atoms with E-state index in [1.165, 1.54) is 6.07 Å². The van der Waals surface area contributed by atoms with Crippen LogP contribution < -0.4 is 14.8 Å². The van der Waals surface area contributed by atoms with Crippen molar-refractivity contribution >= 4 is 11.7 Å². The van der Waals surface area contributed by atoms with Crippen molar-refractivity contribution in [2.75, 3.05) is 19.5 Å². The molecular formula is C25H25FN4O3. The van der Waals surface area contributed by atoms with Crippen molar-refractivity contribution in [3.05, 3.63) is 65.1 Å². The number of aromatic nitrogens is 3. The highest BCUT2D eigenvalue weighted by Crippen LogP contribution is 2.47. The van der Waals surface area contributed by atoms with Crippen molar-refractivity contribution in [1.29, 1.82) is 0 Å². The van der Waals surface area contributed by atoms with Gasteiger partial charge in [0.1, 0.15) is 23.4 Å². The molecule has 2 heterocycles. The highest BCUT2D eigenvalue weighted by atomic mass is 19.1. The van der Waals surface area contributed by atoms with E-state index in [0.717, 1.165) is 11.3 Å². The minimum atomic E-state index is -0.585. The van der Waals surface area contributed by atoms with Crippen molar-refractivity contribution in [3.63, 3.8) is 0 Å². The van der Waals surface area contributed by atoms with Crippen LogP contribution in [0.4, 0.5) is 10.3 Å². The summed E-state index contributed by atoms with van der Waals surface area (Å²) in [7, 11) is 3.17. The summed E-state index contributed by atoms with van der Waals surface area (Å²) in [5.74, 6) is 1.55. The number of ether oxygens (including phenoxy) is 2. The van der Waals surface area contributed by atoms with E-state index in [-0.39, 0.29) is 17.0 Å². The van der Waals surface area contributed by atoms with Crippen LogP contribution in [0.3, 0.4) is 0 Å². The normalized spacial score (nSPS) is 18.9. The van der Waals surface area contributed by atoms with Crippen LogP contribution in [0.5, 0.6) is 11.5 Å². The monoisotopic (exact) mass is 448 g/mol. The first-order valence-corrected chi connectivity index (χ1v) is 10.8. The van der Waals surface area contributed by atoms with Gasteiger partial charge >= 0.3 is 0 Å². The number of nitrogens with one attached hydrogen (secondary N) is 1. The number of Topliss-reactive ketones (excluding diaryl/α,β-unsaturated/α-hetero) is 1. The molecule has 1 aromatic heterocycles. The van der Waals surface area contributed by atoms with Crippen molar-refractivity contribution in [2.24, 2.45) is 5.41 Å². The molecule has 8 heteroatoms. The van der Waals surface area contributed by atoms with Gasteiger partial charge in [0.2, 0.25) is 5.95 Å². The molecule has 0 saturated heterocycles. The molecule has 170 valence electrons. The highest BCUT2D eigenvalue weighted by molar-refractivity contribution is 6.00. The van der Waals surface area contributed by atoms with Crippen LogP contribution in [-0.2, 0) is 4.79 Å². The number of hydrogen-bond donors (Lipinski definition) is 1. The molecule has 0 bridgehead atoms. The van der Waals surface area contributed by atoms with E-state index in [0.29, 0.717) is 41.4 Å². The number of nitrogens with zero attached hydrogens (tertiary/aromatic N) is 3. The lowest BCUT2D eigenvalue weighted by Crippen LogP contribution is -2.36. The number of carbonyl (C=O) groups excluding carboxylic acids is 1. The predicted molar refractivity (Wildman–Crippen MR) is 122 cm³/mol. The van der Waals surface area contributed by atoms with E-state index in [2.05, 4.69) is 29.2 Å². The van der Waals surface area contributed by atoms with Gasteiger partial charge in [-0.3, -0.25) is 4.79 Å². The Morgan fingerprint density at radius 2 is 1.91 bits per heavy atom. The Balaban J connectivity index is 1.75. The van der Waals surface area contributed by atoms with Crippen LogP contribution in [0.15, 0.2) is 53.7 Å². The maximum absolute atomic E-state index is 14.5. The number of carbonyl (C=O) groups is 1. The third-order valence-corrected chi connectivity index (χ3v) is 6.18. The molecule has 7 nitrogen and oxygen atoms in total. The summed E-state index contributed by atoms with van der Waals surface area (Å²) >= 11 is 0. The molecular weight excluding hydrogens is 423 g/mol. The fraction of sp³-hybridized carbons (Fsp3) is 0.320. The molecule has 5 rings (SSSR count). The van der Waals surface area contributed by atoms with E-state index >= 15 is 0 Å². The van der Waals surface area contributed by atoms with Gasteiger partial charge in [0, 0.05) is 23.3 Å². The van der Waals surface area contributed by atoms with Crippen LogP contribution in [0, 0.1) is 11.2 Å². The van der Waals surface area contributed by atoms with Crippen LogP contribution >= 0.6 is 0 Å². The third-order valence-electron chi connectivity index (χ3n) is 6.18. The number of hydrogen-bond acceptors (Lipinski definition) is 6. The molecule has 3 aromatic rings. The SMILES string of the molecule is COc1ccc(OC)c(C2C3=C(CC(C)(C)CC3=O)Nc3nc(-c4ccccc4F)nn32)c1. The van der Waals surface area contributed by atoms with Gasteiger partial charge in [-0.25, -0.2) is 9.07 Å². The van der Waals surface area contributed by atoms with Crippen molar-refractivity contribution in [3.8, 4) is 22.9 Å². The standard InChI is InChI=1S/C25H25FN4O3/c1-25(2)12-18-21(19(31)13-25)22(16-11-14(32-3)9-10-20(16)33-4)30-24(27-18)28-23(29-30)15-7-5-6-8-17(15)26/h5-11,22H,12-13H2,1-4H3,(H,27,28,29). The van der Waals surface area contributed by atoms with Gasteiger partial charge < -0.3 is 14.8 Å². The number of allylic oxidation sites excluding steroid dienone is 2. The van der Waals surface area contributed by atoms with E-state index in [4.69, 9.17) is 9.47 Å². The largest absolute Gasteiger partial charge is 0.497 e. The zero-order valence-corrected chi connectivity index (χ0v) is 19.0. The van der Waals surface area contributed by atoms with Gasteiger partial charge in [0.25, 0.3) is 0 Å². The van der Waals surface area contributed by atoms with Crippen molar-refractivity contribution in [2.45, 2.75) is 32.7 Å². The fourth-order valence-corrected chi connectivity index (χ4v) is 4.71. The summed E-state index contributed by atoms with van der Waals surface area (Å²) in [5, 5.41) is 7.97. The molecule has 2 aromatic carbocycles. The lowest BCUT2D eigenvalue weighted by atomic mass is 9.73. The number of fused-ring (bicyclic) bond motifs is 1. The Morgan fingerprint density at radius 3 is 2.64 bits per heavy atom. The first-order chi connectivity index (χ1) is 15.8. The second kappa shape index (κ2) is 7.72. The summed E-state index contributed by atoms with van der Waals surface area (Å²) in [4.78, 5) is 18.0. The molecule has 0 saturated carbocycles. The predicted octanol–water partition coefficient (Wildman–Crippen LogP) is 4.76. The van der Waals surface area contributed by atoms with Crippen molar-refractivity contribution in [1.82, 2.24) is 14.8 Å². The Bertz CT molecular complexity index is 1290. The molecule has 33 heavy (non-hydrogen) atoms. The van der Waals surface area contributed by atoms with Crippen LogP contribution in [0.2, 0.25) is 0 Å². The van der Waals surface area contributed by atoms with Gasteiger partial charge in [0.15, 0.2) is 11.6 Å². The number of rotatable bonds is 4. The molecule has 0 radical (unpaired) electrons. The second-order valence-electron chi connectivity index (χ2n) is 9.15. The van der Waals surface area contributed by atoms with Gasteiger partial charge in [-0.05, 0) is 42.2 Å². The maximum Gasteiger partial charge on any atom is 0.226 e. The lowest BCUT2D eigenvalue weighted by Gasteiger charge is -2.38. The Morgan fingerprint density at radius 1 is 1.12 bits per heavy atom. The topological polar surface area (TPSA) is 78.3 Å². The van der Waals surface area contributed by atoms with Gasteiger partial charge in [-0.15, -0.1) is 5.10 Å². The van der Waals surface area contributed by atoms with Gasteiger partial charge in [-0.1, -0.05) is 26.0 Å². The molecule has 0 spiro atoms. The summed E-state index contributed by atoms with van der Waals surface area (Å²) in [6.07, 6.45) is 1.10. The average molecular weight is 448 g/mol. The molecule has 1 N–H and O–H groups in total. The number of anilines is 1. The highest BCUT2D eigenvalue weighted by Gasteiger charge is 2.43. The first kappa shape index (κ1) is 21.2. The van der Waals surface area contributed by atoms with E-state index in [9.17, 15) is 9.18 Å². The van der Waals surface area contributed by atoms with Gasteiger partial charge in [0.05, 0.1) is 19.8 Å². The fourth-order valence-electron chi connectivity index (χ4n) is 4.71. The average Bonchev–Trinajstić information content (AvgIpc) is 3.20. The second-order valence-corrected chi connectivity index (χ2v) is 9.15. The molecule has 1 atom stereocenters. The van der Waals surface area contributed by atoms with Crippen LogP contribution in [0.1, 0.15) is 38.3 Å². The first-order valence-electron chi connectivity index (χ1n) is 10.8. The Kier molecular flexibility index (Phi) is 4.96. The molecule has 2 aliphatic rings. The van der Waals surface area contributed by atoms with Crippen LogP contribution in [-0.4, -0.2) is 34.8 Å². The summed E-state index contributed by atoms with van der Waals surface area (Å²) in [6.45, 7) is 4.14. The molecule has 0 fully saturated rings. The zero-order valence-electron chi connectivity index (χ0n) is 19.0. The van der Waals surface area contributed by atoms with E-state index < -0.39 is 11.9 Å². The van der Waals surface area contributed by atoms with E-state index in [1.54, 1.807) is 43.2 Å². The Labute approximate surface area is 191 Å². The quantitative estimate of drug-likeness (QED) is 0.620. The third kappa shape index (κ3) is 3.55. The molecule has 1 aliphatic carbocycles. The zero-order chi connectivity index (χ0) is 23.3. The summed E-state index contributed by atoms with van der Waals surface area (Å²) in [5.41, 5.74) is 2.26. The minimum absolute atomic E-state index is 0.0391. The van der Waals surface area contributed by atoms with E-state index in [1.807, 2.05) is 12.1 Å². The minimum Gasteiger partial charge on any atom is -0.497 e. The van der Waals surface area contributed by atoms with Crippen molar-refractivity contribution < 1.29 is 18.7 Å². The number of ketones is 1. The number of halogens is 1. The summed E-state index contributed by atoms with van der Waals surface area (Å²) in [6, 6.07) is 11.3.